The number of carbonyl (C=O) groups is 2. The minimum Gasteiger partial charge on any atom is -0.456 e. The highest BCUT2D eigenvalue weighted by Gasteiger charge is 2.58. The summed E-state index contributed by atoms with van der Waals surface area (Å²) in [6.45, 7) is 5.74. The molecule has 1 aromatic carbocycles. The van der Waals surface area contributed by atoms with Crippen LogP contribution in [0.3, 0.4) is 0 Å². The zero-order valence-electron chi connectivity index (χ0n) is 23.6. The average molecular weight is 580 g/mol. The van der Waals surface area contributed by atoms with Gasteiger partial charge in [-0.15, -0.1) is 0 Å². The molecule has 0 radical (unpaired) electrons. The van der Waals surface area contributed by atoms with Crippen molar-refractivity contribution in [1.82, 2.24) is 4.90 Å². The minimum absolute atomic E-state index is 0.142. The summed E-state index contributed by atoms with van der Waals surface area (Å²) < 4.78 is 66.7. The largest absolute Gasteiger partial charge is 0.456 e. The molecule has 11 heteroatoms. The quantitative estimate of drug-likeness (QED) is 0.357. The first-order valence-corrected chi connectivity index (χ1v) is 14.3. The molecule has 0 aromatic heterocycles. The van der Waals surface area contributed by atoms with Crippen molar-refractivity contribution in [3.63, 3.8) is 0 Å². The lowest BCUT2D eigenvalue weighted by molar-refractivity contribution is -0.219. The number of halogens is 3. The van der Waals surface area contributed by atoms with Crippen LogP contribution in [-0.2, 0) is 30.2 Å². The number of alkyl halides is 3. The number of rotatable bonds is 5. The van der Waals surface area contributed by atoms with Crippen molar-refractivity contribution in [3.8, 4) is 11.5 Å². The van der Waals surface area contributed by atoms with Crippen molar-refractivity contribution in [1.29, 1.82) is 0 Å². The topological polar surface area (TPSA) is 83.5 Å². The van der Waals surface area contributed by atoms with Gasteiger partial charge in [0.2, 0.25) is 6.79 Å². The average Bonchev–Trinajstić information content (AvgIpc) is 3.55. The smallest absolute Gasteiger partial charge is 0.422 e. The van der Waals surface area contributed by atoms with E-state index < -0.39 is 48.4 Å². The van der Waals surface area contributed by atoms with E-state index >= 15 is 0 Å². The Balaban J connectivity index is 1.34. The van der Waals surface area contributed by atoms with Gasteiger partial charge in [0.05, 0.1) is 17.6 Å². The molecule has 4 atom stereocenters. The molecule has 0 N–H and O–H groups in total. The standard InChI is InChI=1S/C30H36F3NO7/c1-18-14-28-8-5-10-34(28)11-6-19-12-21-22(39-17-38-21)13-20(19)24(28)25(18)40-26(36)29(9-4-7-27(2,3)41-29)15-23(35)37-16-30(31,32)33/h12-14,24-25H,4-11,15-17H2,1-3H3/t24-,25?,28+,29-/m1/s1. The molecule has 1 aliphatic carbocycles. The molecular formula is C30H36F3NO7. The van der Waals surface area contributed by atoms with Gasteiger partial charge in [0.15, 0.2) is 23.7 Å². The molecule has 4 heterocycles. The Kier molecular flexibility index (Phi) is 6.84. The molecule has 41 heavy (non-hydrogen) atoms. The normalized spacial score (nSPS) is 31.9. The van der Waals surface area contributed by atoms with Gasteiger partial charge in [-0.2, -0.15) is 13.2 Å². The van der Waals surface area contributed by atoms with Crippen LogP contribution in [-0.4, -0.2) is 72.3 Å². The van der Waals surface area contributed by atoms with Gasteiger partial charge in [-0.25, -0.2) is 4.79 Å². The number of carbonyl (C=O) groups excluding carboxylic acids is 2. The highest BCUT2D eigenvalue weighted by atomic mass is 19.4. The molecule has 6 rings (SSSR count). The molecule has 1 unspecified atom stereocenters. The first-order chi connectivity index (χ1) is 19.3. The SMILES string of the molecule is CC1=C[C@]23CCCN2CCc2cc4c(cc2[C@@H]3C1OC(=O)[C@]1(CC(=O)OCC(F)(F)F)CCCC(C)(C)O1)OCO4. The van der Waals surface area contributed by atoms with Crippen LogP contribution in [0.15, 0.2) is 23.8 Å². The van der Waals surface area contributed by atoms with E-state index in [1.807, 2.05) is 19.1 Å². The van der Waals surface area contributed by atoms with E-state index in [0.29, 0.717) is 24.3 Å². The van der Waals surface area contributed by atoms with E-state index in [2.05, 4.69) is 15.7 Å². The molecule has 0 saturated carbocycles. The Morgan fingerprint density at radius 1 is 1.07 bits per heavy atom. The molecule has 1 spiro atoms. The van der Waals surface area contributed by atoms with Gasteiger partial charge in [-0.1, -0.05) is 6.08 Å². The van der Waals surface area contributed by atoms with Crippen molar-refractivity contribution < 1.29 is 46.4 Å². The highest BCUT2D eigenvalue weighted by molar-refractivity contribution is 5.86. The molecule has 0 bridgehead atoms. The molecular weight excluding hydrogens is 543 g/mol. The lowest BCUT2D eigenvalue weighted by Gasteiger charge is -2.44. The van der Waals surface area contributed by atoms with E-state index in [4.69, 9.17) is 18.9 Å². The van der Waals surface area contributed by atoms with Crippen molar-refractivity contribution in [2.45, 2.75) is 101 Å². The summed E-state index contributed by atoms with van der Waals surface area (Å²) in [7, 11) is 0. The Labute approximate surface area is 237 Å². The zero-order chi connectivity index (χ0) is 29.2. The molecule has 5 aliphatic rings. The van der Waals surface area contributed by atoms with Gasteiger partial charge in [0.25, 0.3) is 0 Å². The summed E-state index contributed by atoms with van der Waals surface area (Å²) in [6, 6.07) is 4.02. The summed E-state index contributed by atoms with van der Waals surface area (Å²) in [4.78, 5) is 29.2. The summed E-state index contributed by atoms with van der Waals surface area (Å²) >= 11 is 0. The molecule has 4 aliphatic heterocycles. The number of hydrogen-bond acceptors (Lipinski definition) is 8. The van der Waals surface area contributed by atoms with Crippen LogP contribution in [0.4, 0.5) is 13.2 Å². The van der Waals surface area contributed by atoms with E-state index in [1.54, 1.807) is 13.8 Å². The maximum absolute atomic E-state index is 14.1. The molecule has 8 nitrogen and oxygen atoms in total. The van der Waals surface area contributed by atoms with Gasteiger partial charge in [-0.3, -0.25) is 9.69 Å². The van der Waals surface area contributed by atoms with Crippen molar-refractivity contribution in [2.75, 3.05) is 26.5 Å². The third-order valence-electron chi connectivity index (χ3n) is 9.25. The van der Waals surface area contributed by atoms with Crippen LogP contribution in [0.2, 0.25) is 0 Å². The lowest BCUT2D eigenvalue weighted by atomic mass is 9.77. The van der Waals surface area contributed by atoms with Gasteiger partial charge in [-0.05, 0) is 94.7 Å². The Morgan fingerprint density at radius 2 is 1.83 bits per heavy atom. The van der Waals surface area contributed by atoms with Crippen LogP contribution in [0.25, 0.3) is 0 Å². The lowest BCUT2D eigenvalue weighted by Crippen LogP contribution is -2.54. The van der Waals surface area contributed by atoms with Crippen molar-refractivity contribution in [3.05, 3.63) is 34.9 Å². The first kappa shape index (κ1) is 28.3. The molecule has 2 saturated heterocycles. The Hall–Kier alpha value is -2.79. The predicted molar refractivity (Wildman–Crippen MR) is 140 cm³/mol. The number of nitrogens with zero attached hydrogens (tertiary/aromatic N) is 1. The monoisotopic (exact) mass is 579 g/mol. The fourth-order valence-corrected chi connectivity index (χ4v) is 7.64. The number of benzene rings is 1. The fraction of sp³-hybridized carbons (Fsp3) is 0.667. The Bertz CT molecular complexity index is 1280. The molecule has 1 aromatic rings. The van der Waals surface area contributed by atoms with Crippen molar-refractivity contribution in [2.24, 2.45) is 0 Å². The van der Waals surface area contributed by atoms with Gasteiger partial charge in [0.1, 0.15) is 6.10 Å². The fourth-order valence-electron chi connectivity index (χ4n) is 7.64. The highest BCUT2D eigenvalue weighted by Crippen LogP contribution is 2.56. The van der Waals surface area contributed by atoms with Crippen LogP contribution >= 0.6 is 0 Å². The van der Waals surface area contributed by atoms with Crippen LogP contribution in [0.1, 0.15) is 76.3 Å². The number of esters is 2. The van der Waals surface area contributed by atoms with E-state index in [-0.39, 0.29) is 24.7 Å². The summed E-state index contributed by atoms with van der Waals surface area (Å²) in [5, 5.41) is 0. The summed E-state index contributed by atoms with van der Waals surface area (Å²) in [5.41, 5.74) is 0.160. The van der Waals surface area contributed by atoms with Crippen LogP contribution in [0, 0.1) is 0 Å². The van der Waals surface area contributed by atoms with Gasteiger partial charge >= 0.3 is 18.1 Å². The summed E-state index contributed by atoms with van der Waals surface area (Å²) in [5.74, 6) is -0.778. The Morgan fingerprint density at radius 3 is 2.56 bits per heavy atom. The third-order valence-corrected chi connectivity index (χ3v) is 9.25. The first-order valence-electron chi connectivity index (χ1n) is 14.3. The maximum atomic E-state index is 14.1. The van der Waals surface area contributed by atoms with Crippen LogP contribution < -0.4 is 9.47 Å². The number of hydrogen-bond donors (Lipinski definition) is 0. The molecule has 2 fully saturated rings. The number of ether oxygens (including phenoxy) is 5. The minimum atomic E-state index is -4.68. The maximum Gasteiger partial charge on any atom is 0.422 e. The van der Waals surface area contributed by atoms with E-state index in [1.165, 1.54) is 0 Å². The van der Waals surface area contributed by atoms with Crippen LogP contribution in [0.5, 0.6) is 11.5 Å². The zero-order valence-corrected chi connectivity index (χ0v) is 23.6. The van der Waals surface area contributed by atoms with Gasteiger partial charge in [0, 0.05) is 12.5 Å². The second kappa shape index (κ2) is 9.90. The molecule has 0 amide bonds. The predicted octanol–water partition coefficient (Wildman–Crippen LogP) is 4.97. The number of fused-ring (bicyclic) bond motifs is 3. The third kappa shape index (κ3) is 5.09. The van der Waals surface area contributed by atoms with Gasteiger partial charge < -0.3 is 23.7 Å². The second-order valence-electron chi connectivity index (χ2n) is 12.6. The second-order valence-corrected chi connectivity index (χ2v) is 12.6. The van der Waals surface area contributed by atoms with E-state index in [0.717, 1.165) is 49.1 Å². The molecule has 224 valence electrons. The van der Waals surface area contributed by atoms with Crippen molar-refractivity contribution >= 4 is 11.9 Å². The van der Waals surface area contributed by atoms with E-state index in [9.17, 15) is 22.8 Å². The summed E-state index contributed by atoms with van der Waals surface area (Å²) in [6.07, 6.45) is 0.263.